The molecule has 1 aromatic carbocycles. The van der Waals surface area contributed by atoms with Crippen molar-refractivity contribution in [3.8, 4) is 5.69 Å². The van der Waals surface area contributed by atoms with E-state index in [0.717, 1.165) is 11.4 Å². The van der Waals surface area contributed by atoms with Crippen LogP contribution in [0.3, 0.4) is 0 Å². The molecular formula is C14H18N2O. The van der Waals surface area contributed by atoms with Gasteiger partial charge in [0, 0.05) is 11.8 Å². The second-order valence-corrected chi connectivity index (χ2v) is 4.75. The SMILES string of the molecule is Cc1cccc(-n2[nH]c(=O)cc2C(C)C)c1C. The summed E-state index contributed by atoms with van der Waals surface area (Å²) in [6, 6.07) is 7.80. The zero-order valence-corrected chi connectivity index (χ0v) is 10.7. The van der Waals surface area contributed by atoms with Gasteiger partial charge in [-0.25, -0.2) is 0 Å². The minimum atomic E-state index is -0.0467. The molecule has 0 aliphatic rings. The molecule has 0 saturated carbocycles. The highest BCUT2D eigenvalue weighted by Gasteiger charge is 2.12. The number of nitrogens with one attached hydrogen (secondary N) is 1. The first-order chi connectivity index (χ1) is 8.00. The number of hydrogen-bond acceptors (Lipinski definition) is 1. The third-order valence-electron chi connectivity index (χ3n) is 3.17. The monoisotopic (exact) mass is 230 g/mol. The first-order valence-corrected chi connectivity index (χ1v) is 5.89. The Morgan fingerprint density at radius 2 is 1.94 bits per heavy atom. The van der Waals surface area contributed by atoms with Gasteiger partial charge in [-0.1, -0.05) is 26.0 Å². The van der Waals surface area contributed by atoms with Crippen molar-refractivity contribution in [3.05, 3.63) is 51.4 Å². The lowest BCUT2D eigenvalue weighted by Crippen LogP contribution is -2.08. The Morgan fingerprint density at radius 3 is 2.59 bits per heavy atom. The molecule has 0 radical (unpaired) electrons. The van der Waals surface area contributed by atoms with Crippen LogP contribution in [-0.4, -0.2) is 9.78 Å². The van der Waals surface area contributed by atoms with Crippen LogP contribution in [0.4, 0.5) is 0 Å². The van der Waals surface area contributed by atoms with E-state index >= 15 is 0 Å². The molecule has 0 bridgehead atoms. The molecule has 1 aromatic heterocycles. The van der Waals surface area contributed by atoms with Crippen LogP contribution in [-0.2, 0) is 0 Å². The van der Waals surface area contributed by atoms with E-state index in [9.17, 15) is 4.79 Å². The van der Waals surface area contributed by atoms with E-state index < -0.39 is 0 Å². The summed E-state index contributed by atoms with van der Waals surface area (Å²) >= 11 is 0. The highest BCUT2D eigenvalue weighted by Crippen LogP contribution is 2.21. The van der Waals surface area contributed by atoms with Crippen LogP contribution in [0.25, 0.3) is 5.69 Å². The molecule has 0 amide bonds. The van der Waals surface area contributed by atoms with E-state index in [1.165, 1.54) is 11.1 Å². The fraction of sp³-hybridized carbons (Fsp3) is 0.357. The Labute approximate surface area is 101 Å². The van der Waals surface area contributed by atoms with Crippen molar-refractivity contribution in [1.82, 2.24) is 9.78 Å². The standard InChI is InChI=1S/C14H18N2O/c1-9(2)13-8-14(17)15-16(13)12-7-5-6-10(3)11(12)4/h5-9H,1-4H3,(H,15,17). The minimum absolute atomic E-state index is 0.0467. The van der Waals surface area contributed by atoms with Gasteiger partial charge in [0.1, 0.15) is 0 Å². The number of aromatic amines is 1. The van der Waals surface area contributed by atoms with Gasteiger partial charge in [0.15, 0.2) is 0 Å². The first kappa shape index (κ1) is 11.7. The van der Waals surface area contributed by atoms with Crippen LogP contribution in [0.5, 0.6) is 0 Å². The number of nitrogens with zero attached hydrogens (tertiary/aromatic N) is 1. The highest BCUT2D eigenvalue weighted by molar-refractivity contribution is 5.45. The number of rotatable bonds is 2. The Kier molecular flexibility index (Phi) is 2.92. The van der Waals surface area contributed by atoms with E-state index in [2.05, 4.69) is 38.9 Å². The van der Waals surface area contributed by atoms with Crippen molar-refractivity contribution in [2.75, 3.05) is 0 Å². The molecule has 90 valence electrons. The van der Waals surface area contributed by atoms with Crippen molar-refractivity contribution in [3.63, 3.8) is 0 Å². The first-order valence-electron chi connectivity index (χ1n) is 5.89. The van der Waals surface area contributed by atoms with Crippen LogP contribution in [0, 0.1) is 13.8 Å². The highest BCUT2D eigenvalue weighted by atomic mass is 16.1. The molecule has 2 aromatic rings. The second kappa shape index (κ2) is 4.24. The zero-order chi connectivity index (χ0) is 12.6. The molecule has 0 atom stereocenters. The van der Waals surface area contributed by atoms with Crippen LogP contribution >= 0.6 is 0 Å². The Balaban J connectivity index is 2.68. The lowest BCUT2D eigenvalue weighted by molar-refractivity contribution is 0.728. The molecule has 1 heterocycles. The Bertz CT molecular complexity index is 591. The summed E-state index contributed by atoms with van der Waals surface area (Å²) < 4.78 is 1.90. The van der Waals surface area contributed by atoms with E-state index in [1.807, 2.05) is 16.8 Å². The van der Waals surface area contributed by atoms with E-state index in [4.69, 9.17) is 0 Å². The molecule has 0 unspecified atom stereocenters. The van der Waals surface area contributed by atoms with Gasteiger partial charge in [-0.15, -0.1) is 0 Å². The van der Waals surface area contributed by atoms with Gasteiger partial charge in [-0.05, 0) is 37.0 Å². The minimum Gasteiger partial charge on any atom is -0.268 e. The van der Waals surface area contributed by atoms with Gasteiger partial charge < -0.3 is 0 Å². The smallest absolute Gasteiger partial charge is 0.264 e. The summed E-state index contributed by atoms with van der Waals surface area (Å²) in [4.78, 5) is 11.5. The Morgan fingerprint density at radius 1 is 1.24 bits per heavy atom. The van der Waals surface area contributed by atoms with Crippen LogP contribution in [0.15, 0.2) is 29.1 Å². The maximum atomic E-state index is 11.5. The van der Waals surface area contributed by atoms with Gasteiger partial charge >= 0.3 is 0 Å². The number of hydrogen-bond donors (Lipinski definition) is 1. The fourth-order valence-electron chi connectivity index (χ4n) is 2.01. The maximum absolute atomic E-state index is 11.5. The fourth-order valence-corrected chi connectivity index (χ4v) is 2.01. The summed E-state index contributed by atoms with van der Waals surface area (Å²) in [5, 5.41) is 2.87. The maximum Gasteiger partial charge on any atom is 0.264 e. The van der Waals surface area contributed by atoms with E-state index in [-0.39, 0.29) is 5.56 Å². The summed E-state index contributed by atoms with van der Waals surface area (Å²) in [7, 11) is 0. The van der Waals surface area contributed by atoms with Gasteiger partial charge in [0.05, 0.1) is 5.69 Å². The largest absolute Gasteiger partial charge is 0.268 e. The summed E-state index contributed by atoms with van der Waals surface area (Å²) in [5.74, 6) is 0.314. The zero-order valence-electron chi connectivity index (χ0n) is 10.7. The molecule has 3 heteroatoms. The average Bonchev–Trinajstić information content (AvgIpc) is 2.64. The van der Waals surface area contributed by atoms with Gasteiger partial charge in [-0.3, -0.25) is 14.6 Å². The van der Waals surface area contributed by atoms with Gasteiger partial charge in [0.25, 0.3) is 5.56 Å². The third-order valence-corrected chi connectivity index (χ3v) is 3.17. The molecule has 0 fully saturated rings. The molecule has 3 nitrogen and oxygen atoms in total. The van der Waals surface area contributed by atoms with E-state index in [0.29, 0.717) is 5.92 Å². The summed E-state index contributed by atoms with van der Waals surface area (Å²) in [6.45, 7) is 8.33. The Hall–Kier alpha value is -1.77. The molecule has 0 aliphatic carbocycles. The predicted molar refractivity (Wildman–Crippen MR) is 70.0 cm³/mol. The topological polar surface area (TPSA) is 37.8 Å². The van der Waals surface area contributed by atoms with Crippen LogP contribution in [0.1, 0.15) is 36.6 Å². The number of aromatic nitrogens is 2. The molecule has 1 N–H and O–H groups in total. The predicted octanol–water partition coefficient (Wildman–Crippen LogP) is 2.91. The molecule has 0 saturated heterocycles. The van der Waals surface area contributed by atoms with Gasteiger partial charge in [-0.2, -0.15) is 0 Å². The third kappa shape index (κ3) is 2.05. The quantitative estimate of drug-likeness (QED) is 0.846. The lowest BCUT2D eigenvalue weighted by atomic mass is 10.1. The molecule has 17 heavy (non-hydrogen) atoms. The number of aryl methyl sites for hydroxylation is 1. The van der Waals surface area contributed by atoms with Crippen molar-refractivity contribution in [1.29, 1.82) is 0 Å². The second-order valence-electron chi connectivity index (χ2n) is 4.75. The molecule has 2 rings (SSSR count). The summed E-state index contributed by atoms with van der Waals surface area (Å²) in [6.07, 6.45) is 0. The van der Waals surface area contributed by atoms with Crippen molar-refractivity contribution in [2.45, 2.75) is 33.6 Å². The van der Waals surface area contributed by atoms with Crippen LogP contribution < -0.4 is 5.56 Å². The molecule has 0 aliphatic heterocycles. The molecule has 0 spiro atoms. The summed E-state index contributed by atoms with van der Waals surface area (Å²) in [5.41, 5.74) is 4.45. The lowest BCUT2D eigenvalue weighted by Gasteiger charge is -2.14. The number of benzene rings is 1. The van der Waals surface area contributed by atoms with Crippen LogP contribution in [0.2, 0.25) is 0 Å². The average molecular weight is 230 g/mol. The van der Waals surface area contributed by atoms with Crippen molar-refractivity contribution >= 4 is 0 Å². The molecular weight excluding hydrogens is 212 g/mol. The van der Waals surface area contributed by atoms with Crippen molar-refractivity contribution in [2.24, 2.45) is 0 Å². The van der Waals surface area contributed by atoms with Crippen molar-refractivity contribution < 1.29 is 0 Å². The normalized spacial score (nSPS) is 11.1. The van der Waals surface area contributed by atoms with E-state index in [1.54, 1.807) is 6.07 Å². The number of H-pyrrole nitrogens is 1. The van der Waals surface area contributed by atoms with Gasteiger partial charge in [0.2, 0.25) is 0 Å².